The molecule has 0 unspecified atom stereocenters. The Hall–Kier alpha value is -2.39. The Morgan fingerprint density at radius 1 is 1.24 bits per heavy atom. The maximum Gasteiger partial charge on any atom is 0.225 e. The number of rotatable bonds is 7. The maximum absolute atomic E-state index is 13.1. The molecule has 0 atom stereocenters. The van der Waals surface area contributed by atoms with E-state index >= 15 is 0 Å². The lowest BCUT2D eigenvalue weighted by molar-refractivity contribution is -0.116. The highest BCUT2D eigenvalue weighted by Crippen LogP contribution is 2.14. The van der Waals surface area contributed by atoms with E-state index < -0.39 is 27.6 Å². The van der Waals surface area contributed by atoms with Gasteiger partial charge in [0.15, 0.2) is 11.6 Å². The van der Waals surface area contributed by atoms with E-state index in [1.54, 1.807) is 24.5 Å². The van der Waals surface area contributed by atoms with Gasteiger partial charge in [0.05, 0.1) is 6.26 Å². The van der Waals surface area contributed by atoms with Crippen molar-refractivity contribution in [1.82, 2.24) is 9.29 Å². The van der Waals surface area contributed by atoms with Crippen LogP contribution in [0.1, 0.15) is 12.0 Å². The van der Waals surface area contributed by atoms with Gasteiger partial charge in [0.1, 0.15) is 0 Å². The smallest absolute Gasteiger partial charge is 0.225 e. The van der Waals surface area contributed by atoms with E-state index in [1.807, 2.05) is 0 Å². The zero-order chi connectivity index (χ0) is 18.4. The summed E-state index contributed by atoms with van der Waals surface area (Å²) >= 11 is 0. The van der Waals surface area contributed by atoms with E-state index in [-0.39, 0.29) is 25.2 Å². The number of benzene rings is 1. The third-order valence-electron chi connectivity index (χ3n) is 3.34. The summed E-state index contributed by atoms with van der Waals surface area (Å²) in [4.78, 5) is 15.9. The molecule has 1 aromatic heterocycles. The quantitative estimate of drug-likeness (QED) is 0.811. The van der Waals surface area contributed by atoms with Crippen LogP contribution in [-0.4, -0.2) is 36.4 Å². The molecular weight excluding hydrogens is 352 g/mol. The van der Waals surface area contributed by atoms with E-state index in [0.717, 1.165) is 22.7 Å². The first-order chi connectivity index (χ1) is 11.8. The van der Waals surface area contributed by atoms with Crippen LogP contribution in [0.5, 0.6) is 0 Å². The molecule has 0 spiro atoms. The average molecular weight is 369 g/mol. The number of nitrogens with one attached hydrogen (secondary N) is 1. The Labute approximate surface area is 144 Å². The first kappa shape index (κ1) is 18.9. The van der Waals surface area contributed by atoms with Crippen LogP contribution in [0.25, 0.3) is 0 Å². The molecule has 1 aromatic carbocycles. The highest BCUT2D eigenvalue weighted by molar-refractivity contribution is 7.88. The minimum absolute atomic E-state index is 0.0523. The minimum atomic E-state index is -3.53. The van der Waals surface area contributed by atoms with Gasteiger partial charge >= 0.3 is 0 Å². The van der Waals surface area contributed by atoms with Crippen LogP contribution in [0.15, 0.2) is 42.7 Å². The van der Waals surface area contributed by atoms with Crippen molar-refractivity contribution in [1.29, 1.82) is 0 Å². The molecule has 0 bridgehead atoms. The van der Waals surface area contributed by atoms with Crippen molar-refractivity contribution in [2.45, 2.75) is 13.0 Å². The topological polar surface area (TPSA) is 79.4 Å². The van der Waals surface area contributed by atoms with Gasteiger partial charge in [0, 0.05) is 43.7 Å². The van der Waals surface area contributed by atoms with E-state index in [2.05, 4.69) is 10.3 Å². The maximum atomic E-state index is 13.1. The largest absolute Gasteiger partial charge is 0.326 e. The van der Waals surface area contributed by atoms with Crippen molar-refractivity contribution in [2.75, 3.05) is 18.1 Å². The van der Waals surface area contributed by atoms with Crippen LogP contribution >= 0.6 is 0 Å². The number of amides is 1. The van der Waals surface area contributed by atoms with Crippen molar-refractivity contribution < 1.29 is 22.0 Å². The number of sulfonamides is 1. The number of halogens is 2. The fourth-order valence-corrected chi connectivity index (χ4v) is 2.89. The summed E-state index contributed by atoms with van der Waals surface area (Å²) in [5, 5.41) is 2.40. The molecule has 2 rings (SSSR count). The van der Waals surface area contributed by atoms with Crippen molar-refractivity contribution in [3.63, 3.8) is 0 Å². The summed E-state index contributed by atoms with van der Waals surface area (Å²) in [5.74, 6) is -2.60. The van der Waals surface area contributed by atoms with Crippen LogP contribution in [-0.2, 0) is 21.4 Å². The summed E-state index contributed by atoms with van der Waals surface area (Å²) in [7, 11) is -3.53. The molecule has 0 fully saturated rings. The molecule has 0 saturated carbocycles. The molecule has 25 heavy (non-hydrogen) atoms. The van der Waals surface area contributed by atoms with E-state index in [9.17, 15) is 22.0 Å². The fourth-order valence-electron chi connectivity index (χ4n) is 2.08. The number of anilines is 1. The number of pyridine rings is 1. The van der Waals surface area contributed by atoms with Gasteiger partial charge in [-0.2, -0.15) is 4.31 Å². The van der Waals surface area contributed by atoms with Gasteiger partial charge in [-0.3, -0.25) is 9.78 Å². The molecule has 134 valence electrons. The summed E-state index contributed by atoms with van der Waals surface area (Å²) in [6.45, 7) is 0.0361. The second kappa shape index (κ2) is 8.13. The Morgan fingerprint density at radius 2 is 2.00 bits per heavy atom. The fraction of sp³-hybridized carbons (Fsp3) is 0.250. The predicted molar refractivity (Wildman–Crippen MR) is 89.1 cm³/mol. The van der Waals surface area contributed by atoms with Crippen molar-refractivity contribution in [2.24, 2.45) is 0 Å². The van der Waals surface area contributed by atoms with Gasteiger partial charge in [0.2, 0.25) is 15.9 Å². The second-order valence-corrected chi connectivity index (χ2v) is 7.37. The number of carbonyl (C=O) groups excluding carboxylic acids is 1. The van der Waals surface area contributed by atoms with Crippen LogP contribution in [0, 0.1) is 11.6 Å². The Balaban J connectivity index is 1.97. The first-order valence-corrected chi connectivity index (χ1v) is 9.19. The van der Waals surface area contributed by atoms with Crippen molar-refractivity contribution in [3.05, 3.63) is 59.9 Å². The predicted octanol–water partition coefficient (Wildman–Crippen LogP) is 2.15. The Morgan fingerprint density at radius 3 is 2.60 bits per heavy atom. The lowest BCUT2D eigenvalue weighted by Gasteiger charge is -2.19. The van der Waals surface area contributed by atoms with E-state index in [1.165, 1.54) is 6.07 Å². The SMILES string of the molecule is CS(=O)(=O)N(CCC(=O)Nc1ccc(F)c(F)c1)Cc1cccnc1. The molecule has 0 radical (unpaired) electrons. The first-order valence-electron chi connectivity index (χ1n) is 7.34. The lowest BCUT2D eigenvalue weighted by Crippen LogP contribution is -2.32. The molecule has 0 aliphatic carbocycles. The third-order valence-corrected chi connectivity index (χ3v) is 4.59. The van der Waals surface area contributed by atoms with Gasteiger partial charge < -0.3 is 5.32 Å². The molecule has 6 nitrogen and oxygen atoms in total. The summed E-state index contributed by atoms with van der Waals surface area (Å²) in [5.41, 5.74) is 0.788. The molecule has 0 saturated heterocycles. The standard InChI is InChI=1S/C16H17F2N3O3S/c1-25(23,24)21(11-12-3-2-7-19-10-12)8-6-16(22)20-13-4-5-14(17)15(18)9-13/h2-5,7,9-10H,6,8,11H2,1H3,(H,20,22). The van der Waals surface area contributed by atoms with Crippen LogP contribution < -0.4 is 5.32 Å². The van der Waals surface area contributed by atoms with Crippen LogP contribution in [0.2, 0.25) is 0 Å². The molecule has 9 heteroatoms. The van der Waals surface area contributed by atoms with E-state index in [0.29, 0.717) is 5.56 Å². The molecule has 1 heterocycles. The molecule has 1 amide bonds. The van der Waals surface area contributed by atoms with E-state index in [4.69, 9.17) is 0 Å². The molecule has 0 aliphatic heterocycles. The summed E-state index contributed by atoms with van der Waals surface area (Å²) in [6, 6.07) is 6.39. The van der Waals surface area contributed by atoms with Crippen LogP contribution in [0.3, 0.4) is 0 Å². The highest BCUT2D eigenvalue weighted by Gasteiger charge is 2.18. The monoisotopic (exact) mass is 369 g/mol. The average Bonchev–Trinajstić information content (AvgIpc) is 2.55. The molecular formula is C16H17F2N3O3S. The van der Waals surface area contributed by atoms with Gasteiger partial charge in [-0.1, -0.05) is 6.07 Å². The molecule has 2 aromatic rings. The van der Waals surface area contributed by atoms with Crippen molar-refractivity contribution in [3.8, 4) is 0 Å². The zero-order valence-corrected chi connectivity index (χ0v) is 14.3. The molecule has 0 aliphatic rings. The summed E-state index contributed by atoms with van der Waals surface area (Å²) in [6.07, 6.45) is 4.03. The van der Waals surface area contributed by atoms with Gasteiger partial charge in [0.25, 0.3) is 0 Å². The van der Waals surface area contributed by atoms with Crippen molar-refractivity contribution >= 4 is 21.6 Å². The second-order valence-electron chi connectivity index (χ2n) is 5.38. The summed E-state index contributed by atoms with van der Waals surface area (Å²) < 4.78 is 50.9. The highest BCUT2D eigenvalue weighted by atomic mass is 32.2. The van der Waals surface area contributed by atoms with Gasteiger partial charge in [-0.25, -0.2) is 17.2 Å². The van der Waals surface area contributed by atoms with Gasteiger partial charge in [-0.05, 0) is 23.8 Å². The minimum Gasteiger partial charge on any atom is -0.326 e. The lowest BCUT2D eigenvalue weighted by atomic mass is 10.2. The zero-order valence-electron chi connectivity index (χ0n) is 13.4. The normalized spacial score (nSPS) is 11.5. The third kappa shape index (κ3) is 5.87. The van der Waals surface area contributed by atoms with Crippen LogP contribution in [0.4, 0.5) is 14.5 Å². The number of aromatic nitrogens is 1. The number of carbonyl (C=O) groups is 1. The number of hydrogen-bond acceptors (Lipinski definition) is 4. The number of hydrogen-bond donors (Lipinski definition) is 1. The Kier molecular flexibility index (Phi) is 6.16. The molecule has 1 N–H and O–H groups in total. The Bertz CT molecular complexity index is 845. The number of nitrogens with zero attached hydrogens (tertiary/aromatic N) is 2. The van der Waals surface area contributed by atoms with Gasteiger partial charge in [-0.15, -0.1) is 0 Å².